The summed E-state index contributed by atoms with van der Waals surface area (Å²) in [5.41, 5.74) is 0.242. The Morgan fingerprint density at radius 2 is 1.90 bits per heavy atom. The van der Waals surface area contributed by atoms with Crippen molar-refractivity contribution in [3.8, 4) is 5.69 Å². The molecule has 3 aromatic rings. The van der Waals surface area contributed by atoms with Crippen molar-refractivity contribution in [3.05, 3.63) is 47.1 Å². The maximum atomic E-state index is 13.3. The van der Waals surface area contributed by atoms with Crippen LogP contribution in [0.3, 0.4) is 0 Å². The van der Waals surface area contributed by atoms with E-state index in [2.05, 4.69) is 20.7 Å². The molecule has 1 aliphatic carbocycles. The topological polar surface area (TPSA) is 144 Å². The van der Waals surface area contributed by atoms with Crippen molar-refractivity contribution in [3.63, 3.8) is 0 Å². The first-order chi connectivity index (χ1) is 18.9. The summed E-state index contributed by atoms with van der Waals surface area (Å²) in [4.78, 5) is 44.4. The van der Waals surface area contributed by atoms with Crippen molar-refractivity contribution in [2.45, 2.75) is 56.7 Å². The molecule has 1 aromatic carbocycles. The van der Waals surface area contributed by atoms with Gasteiger partial charge in [0.05, 0.1) is 24.0 Å². The third-order valence-corrected chi connectivity index (χ3v) is 7.86. The Morgan fingerprint density at radius 3 is 2.64 bits per heavy atom. The minimum Gasteiger partial charge on any atom is -0.388 e. The maximum absolute atomic E-state index is 13.3. The Balaban J connectivity index is 1.15. The van der Waals surface area contributed by atoms with Gasteiger partial charge >= 0.3 is 6.03 Å². The Kier molecular flexibility index (Phi) is 6.81. The van der Waals surface area contributed by atoms with E-state index < -0.39 is 5.60 Å². The van der Waals surface area contributed by atoms with E-state index in [0.717, 1.165) is 25.7 Å². The molecule has 2 aliphatic heterocycles. The van der Waals surface area contributed by atoms with Crippen molar-refractivity contribution in [2.24, 2.45) is 5.92 Å². The number of amides is 3. The number of nitrogens with one attached hydrogen (secondary N) is 2. The largest absolute Gasteiger partial charge is 0.388 e. The van der Waals surface area contributed by atoms with Crippen LogP contribution in [0, 0.1) is 5.92 Å². The quantitative estimate of drug-likeness (QED) is 0.435. The molecule has 206 valence electrons. The first-order valence-corrected chi connectivity index (χ1v) is 13.6. The van der Waals surface area contributed by atoms with Gasteiger partial charge < -0.3 is 25.4 Å². The number of hydrogen-bond donors (Lipinski definition) is 3. The van der Waals surface area contributed by atoms with Gasteiger partial charge in [-0.3, -0.25) is 14.2 Å². The molecule has 6 rings (SSSR count). The SMILES string of the molecule is O=C(Nc1cccc(-n2ncc3c(=O)n(CC4(O)CCN(C(=O)C5CC5)CC4)cnc32)c1)NC1CCOCC1. The van der Waals surface area contributed by atoms with Crippen molar-refractivity contribution >= 4 is 28.7 Å². The summed E-state index contributed by atoms with van der Waals surface area (Å²) in [6, 6.07) is 6.96. The number of rotatable bonds is 6. The second-order valence-corrected chi connectivity index (χ2v) is 10.8. The van der Waals surface area contributed by atoms with Crippen LogP contribution < -0.4 is 16.2 Å². The summed E-state index contributed by atoms with van der Waals surface area (Å²) in [5.74, 6) is 0.344. The van der Waals surface area contributed by atoms with Crippen LogP contribution in [0.2, 0.25) is 0 Å². The third-order valence-electron chi connectivity index (χ3n) is 7.86. The van der Waals surface area contributed by atoms with Gasteiger partial charge in [0, 0.05) is 44.0 Å². The lowest BCUT2D eigenvalue weighted by atomic mass is 9.91. The summed E-state index contributed by atoms with van der Waals surface area (Å²) in [7, 11) is 0. The van der Waals surface area contributed by atoms with Crippen LogP contribution in [0.15, 0.2) is 41.6 Å². The van der Waals surface area contributed by atoms with Crippen LogP contribution in [0.1, 0.15) is 38.5 Å². The average Bonchev–Trinajstić information content (AvgIpc) is 3.69. The Morgan fingerprint density at radius 1 is 1.13 bits per heavy atom. The Hall–Kier alpha value is -3.77. The highest BCUT2D eigenvalue weighted by Gasteiger charge is 2.39. The second kappa shape index (κ2) is 10.4. The van der Waals surface area contributed by atoms with E-state index in [1.54, 1.807) is 22.9 Å². The maximum Gasteiger partial charge on any atom is 0.319 e. The molecule has 4 heterocycles. The van der Waals surface area contributed by atoms with E-state index in [1.165, 1.54) is 17.1 Å². The lowest BCUT2D eigenvalue weighted by Crippen LogP contribution is -2.50. The number of anilines is 1. The predicted octanol–water partition coefficient (Wildman–Crippen LogP) is 1.65. The van der Waals surface area contributed by atoms with Crippen molar-refractivity contribution in [2.75, 3.05) is 31.6 Å². The molecule has 3 aliphatic rings. The molecule has 3 amide bonds. The van der Waals surface area contributed by atoms with E-state index in [9.17, 15) is 19.5 Å². The van der Waals surface area contributed by atoms with Gasteiger partial charge in [-0.15, -0.1) is 0 Å². The van der Waals surface area contributed by atoms with Gasteiger partial charge in [-0.2, -0.15) is 5.10 Å². The Labute approximate surface area is 225 Å². The number of ether oxygens (including phenoxy) is 1. The van der Waals surface area contributed by atoms with E-state index in [1.807, 2.05) is 11.0 Å². The van der Waals surface area contributed by atoms with Crippen molar-refractivity contribution in [1.29, 1.82) is 0 Å². The van der Waals surface area contributed by atoms with Crippen molar-refractivity contribution < 1.29 is 19.4 Å². The molecule has 3 N–H and O–H groups in total. The molecule has 0 radical (unpaired) electrons. The van der Waals surface area contributed by atoms with Crippen LogP contribution in [-0.2, 0) is 16.1 Å². The second-order valence-electron chi connectivity index (χ2n) is 10.8. The predicted molar refractivity (Wildman–Crippen MR) is 143 cm³/mol. The molecule has 1 saturated carbocycles. The van der Waals surface area contributed by atoms with E-state index in [-0.39, 0.29) is 36.0 Å². The number of fused-ring (bicyclic) bond motifs is 1. The summed E-state index contributed by atoms with van der Waals surface area (Å²) >= 11 is 0. The fourth-order valence-corrected chi connectivity index (χ4v) is 5.37. The molecule has 2 saturated heterocycles. The van der Waals surface area contributed by atoms with Gasteiger partial charge in [0.25, 0.3) is 5.56 Å². The first-order valence-electron chi connectivity index (χ1n) is 13.6. The lowest BCUT2D eigenvalue weighted by Gasteiger charge is -2.38. The summed E-state index contributed by atoms with van der Waals surface area (Å²) < 4.78 is 8.31. The van der Waals surface area contributed by atoms with Crippen LogP contribution in [-0.4, -0.2) is 79.2 Å². The van der Waals surface area contributed by atoms with Crippen molar-refractivity contribution in [1.82, 2.24) is 29.5 Å². The smallest absolute Gasteiger partial charge is 0.319 e. The monoisotopic (exact) mass is 535 g/mol. The third kappa shape index (κ3) is 5.52. The number of likely N-dealkylation sites (tertiary alicyclic amines) is 1. The highest BCUT2D eigenvalue weighted by molar-refractivity contribution is 5.90. The normalized spacial score (nSPS) is 19.7. The van der Waals surface area contributed by atoms with E-state index in [4.69, 9.17) is 4.74 Å². The van der Waals surface area contributed by atoms with Crippen LogP contribution in [0.5, 0.6) is 0 Å². The number of urea groups is 1. The molecule has 12 nitrogen and oxygen atoms in total. The first kappa shape index (κ1) is 25.5. The van der Waals surface area contributed by atoms with Gasteiger partial charge in [0.2, 0.25) is 5.91 Å². The fraction of sp³-hybridized carbons (Fsp3) is 0.519. The summed E-state index contributed by atoms with van der Waals surface area (Å²) in [5, 5.41) is 21.7. The van der Waals surface area contributed by atoms with Gasteiger partial charge in [-0.1, -0.05) is 6.07 Å². The van der Waals surface area contributed by atoms with E-state index >= 15 is 0 Å². The zero-order valence-corrected chi connectivity index (χ0v) is 21.7. The number of aliphatic hydroxyl groups is 1. The zero-order valence-electron chi connectivity index (χ0n) is 21.7. The molecular formula is C27H33N7O5. The highest BCUT2D eigenvalue weighted by Crippen LogP contribution is 2.33. The van der Waals surface area contributed by atoms with Crippen LogP contribution >= 0.6 is 0 Å². The number of aromatic nitrogens is 4. The highest BCUT2D eigenvalue weighted by atomic mass is 16.5. The molecule has 3 fully saturated rings. The number of benzene rings is 1. The summed E-state index contributed by atoms with van der Waals surface area (Å²) in [6.45, 7) is 2.37. The number of hydrogen-bond acceptors (Lipinski definition) is 7. The molecule has 0 atom stereocenters. The van der Waals surface area contributed by atoms with Crippen LogP contribution in [0.25, 0.3) is 16.7 Å². The minimum atomic E-state index is -1.08. The number of carbonyl (C=O) groups excluding carboxylic acids is 2. The van der Waals surface area contributed by atoms with Gasteiger partial charge in [-0.25, -0.2) is 14.5 Å². The number of nitrogens with zero attached hydrogens (tertiary/aromatic N) is 5. The molecule has 2 aromatic heterocycles. The standard InChI is InChI=1S/C27H33N7O5/c35-24(18-4-5-18)32-10-8-27(38,9-11-32)16-33-17-28-23-22(25(33)36)15-29-34(23)21-3-1-2-20(14-21)31-26(37)30-19-6-12-39-13-7-19/h1-3,14-15,17-19,38H,4-13,16H2,(H2,30,31,37). The molecule has 0 unspecified atom stereocenters. The van der Waals surface area contributed by atoms with Gasteiger partial charge in [-0.05, 0) is 56.7 Å². The van der Waals surface area contributed by atoms with Crippen LogP contribution in [0.4, 0.5) is 10.5 Å². The van der Waals surface area contributed by atoms with E-state index in [0.29, 0.717) is 61.6 Å². The average molecular weight is 536 g/mol. The molecule has 12 heteroatoms. The zero-order chi connectivity index (χ0) is 27.0. The fourth-order valence-electron chi connectivity index (χ4n) is 5.37. The van der Waals surface area contributed by atoms with Gasteiger partial charge in [0.15, 0.2) is 5.65 Å². The lowest BCUT2D eigenvalue weighted by molar-refractivity contribution is -0.137. The molecule has 39 heavy (non-hydrogen) atoms. The number of carbonyl (C=O) groups is 2. The van der Waals surface area contributed by atoms with Gasteiger partial charge in [0.1, 0.15) is 11.7 Å². The molecular weight excluding hydrogens is 502 g/mol. The summed E-state index contributed by atoms with van der Waals surface area (Å²) in [6.07, 6.45) is 7.22. The Bertz CT molecular complexity index is 1430. The molecule has 0 bridgehead atoms. The molecule has 0 spiro atoms. The number of piperidine rings is 1. The minimum absolute atomic E-state index is 0.0826.